The maximum atomic E-state index is 6.28. The smallest absolute Gasteiger partial charge is 0.164 e. The molecule has 0 spiro atoms. The van der Waals surface area contributed by atoms with Crippen molar-refractivity contribution < 1.29 is 4.42 Å². The van der Waals surface area contributed by atoms with Crippen molar-refractivity contribution in [1.29, 1.82) is 0 Å². The minimum atomic E-state index is 0.640. The molecule has 5 nitrogen and oxygen atoms in total. The number of furan rings is 1. The quantitative estimate of drug-likeness (QED) is 0.188. The molecule has 3 heterocycles. The van der Waals surface area contributed by atoms with Crippen LogP contribution in [0.3, 0.4) is 0 Å². The summed E-state index contributed by atoms with van der Waals surface area (Å²) in [5.41, 5.74) is 10.3. The highest BCUT2D eigenvalue weighted by Gasteiger charge is 2.19. The normalized spacial score (nSPS) is 11.6. The van der Waals surface area contributed by atoms with Gasteiger partial charge >= 0.3 is 0 Å². The molecular weight excluding hydrogens is 613 g/mol. The van der Waals surface area contributed by atoms with Crippen molar-refractivity contribution in [2.45, 2.75) is 0 Å². The van der Waals surface area contributed by atoms with Crippen LogP contribution in [0.4, 0.5) is 0 Å². The Hall–Kier alpha value is -6.85. The maximum absolute atomic E-state index is 6.28. The summed E-state index contributed by atoms with van der Waals surface area (Å²) in [5.74, 6) is 1.94. The Labute approximate surface area is 287 Å². The van der Waals surface area contributed by atoms with Crippen LogP contribution in [0.25, 0.3) is 94.7 Å². The molecule has 0 amide bonds. The lowest BCUT2D eigenvalue weighted by Crippen LogP contribution is -2.00. The number of fused-ring (bicyclic) bond motifs is 7. The molecule has 0 aliphatic carbocycles. The molecule has 3 aromatic heterocycles. The van der Waals surface area contributed by atoms with Gasteiger partial charge in [0, 0.05) is 43.9 Å². The molecule has 0 fully saturated rings. The third-order valence-corrected chi connectivity index (χ3v) is 9.46. The molecule has 5 heteroatoms. The van der Waals surface area contributed by atoms with Crippen LogP contribution in [0.2, 0.25) is 0 Å². The fraction of sp³-hybridized carbons (Fsp3) is 0. The first-order valence-electron chi connectivity index (χ1n) is 16.7. The van der Waals surface area contributed by atoms with E-state index in [-0.39, 0.29) is 0 Å². The van der Waals surface area contributed by atoms with Gasteiger partial charge in [0.1, 0.15) is 11.2 Å². The van der Waals surface area contributed by atoms with Crippen molar-refractivity contribution in [2.75, 3.05) is 0 Å². The van der Waals surface area contributed by atoms with Crippen molar-refractivity contribution in [1.82, 2.24) is 19.5 Å². The Bertz CT molecular complexity index is 2800. The fourth-order valence-corrected chi connectivity index (χ4v) is 7.13. The Kier molecular flexibility index (Phi) is 6.42. The maximum Gasteiger partial charge on any atom is 0.164 e. The van der Waals surface area contributed by atoms with Gasteiger partial charge in [0.2, 0.25) is 0 Å². The van der Waals surface area contributed by atoms with Crippen LogP contribution in [-0.2, 0) is 0 Å². The molecule has 0 aliphatic rings. The molecule has 234 valence electrons. The number of aromatic nitrogens is 4. The summed E-state index contributed by atoms with van der Waals surface area (Å²) in [4.78, 5) is 14.7. The van der Waals surface area contributed by atoms with Crippen LogP contribution in [0, 0.1) is 0 Å². The molecule has 0 unspecified atom stereocenters. The monoisotopic (exact) mass is 640 g/mol. The molecule has 0 saturated heterocycles. The van der Waals surface area contributed by atoms with Gasteiger partial charge in [-0.3, -0.25) is 0 Å². The summed E-state index contributed by atoms with van der Waals surface area (Å²) in [6, 6.07) is 58.6. The predicted molar refractivity (Wildman–Crippen MR) is 203 cm³/mol. The van der Waals surface area contributed by atoms with Crippen molar-refractivity contribution in [3.63, 3.8) is 0 Å². The van der Waals surface area contributed by atoms with Crippen molar-refractivity contribution in [3.05, 3.63) is 170 Å². The van der Waals surface area contributed by atoms with E-state index in [1.165, 1.54) is 10.8 Å². The number of rotatable bonds is 5. The highest BCUT2D eigenvalue weighted by molar-refractivity contribution is 6.27. The summed E-state index contributed by atoms with van der Waals surface area (Å²) < 4.78 is 8.65. The topological polar surface area (TPSA) is 56.7 Å². The molecule has 0 N–H and O–H groups in total. The summed E-state index contributed by atoms with van der Waals surface area (Å²) >= 11 is 0. The molecular formula is C45H28N4O. The fourth-order valence-electron chi connectivity index (χ4n) is 7.13. The molecule has 0 bridgehead atoms. The zero-order valence-corrected chi connectivity index (χ0v) is 26.9. The lowest BCUT2D eigenvalue weighted by molar-refractivity contribution is 0.669. The highest BCUT2D eigenvalue weighted by Crippen LogP contribution is 2.41. The molecule has 0 aliphatic heterocycles. The van der Waals surface area contributed by atoms with Crippen LogP contribution >= 0.6 is 0 Å². The lowest BCUT2D eigenvalue weighted by atomic mass is 10.0. The second-order valence-electron chi connectivity index (χ2n) is 12.4. The molecule has 0 saturated carbocycles. The van der Waals surface area contributed by atoms with E-state index < -0.39 is 0 Å². The summed E-state index contributed by atoms with van der Waals surface area (Å²) in [6.45, 7) is 0. The van der Waals surface area contributed by atoms with Crippen LogP contribution in [0.5, 0.6) is 0 Å². The molecule has 10 rings (SSSR count). The van der Waals surface area contributed by atoms with E-state index in [4.69, 9.17) is 19.4 Å². The minimum absolute atomic E-state index is 0.640. The van der Waals surface area contributed by atoms with Crippen molar-refractivity contribution in [2.24, 2.45) is 0 Å². The minimum Gasteiger partial charge on any atom is -0.456 e. The van der Waals surface area contributed by atoms with Gasteiger partial charge in [-0.2, -0.15) is 0 Å². The number of hydrogen-bond donors (Lipinski definition) is 0. The molecule has 10 aromatic rings. The zero-order chi connectivity index (χ0) is 33.0. The van der Waals surface area contributed by atoms with Gasteiger partial charge in [0.05, 0.1) is 11.0 Å². The molecule has 50 heavy (non-hydrogen) atoms. The van der Waals surface area contributed by atoms with E-state index in [0.717, 1.165) is 66.5 Å². The van der Waals surface area contributed by atoms with E-state index in [1.54, 1.807) is 0 Å². The van der Waals surface area contributed by atoms with Crippen molar-refractivity contribution >= 4 is 43.7 Å². The van der Waals surface area contributed by atoms with Crippen LogP contribution in [0.15, 0.2) is 174 Å². The zero-order valence-electron chi connectivity index (χ0n) is 26.9. The summed E-state index contributed by atoms with van der Waals surface area (Å²) in [5, 5.41) is 4.70. The van der Waals surface area contributed by atoms with E-state index in [2.05, 4.69) is 102 Å². The Morgan fingerprint density at radius 1 is 0.360 bits per heavy atom. The van der Waals surface area contributed by atoms with E-state index in [0.29, 0.717) is 17.5 Å². The third kappa shape index (κ3) is 4.60. The van der Waals surface area contributed by atoms with Crippen LogP contribution in [0.1, 0.15) is 0 Å². The average molecular weight is 641 g/mol. The number of nitrogens with zero attached hydrogens (tertiary/aromatic N) is 4. The highest BCUT2D eigenvalue weighted by atomic mass is 16.3. The number of para-hydroxylation sites is 2. The van der Waals surface area contributed by atoms with Gasteiger partial charge in [-0.25, -0.2) is 15.0 Å². The van der Waals surface area contributed by atoms with E-state index in [9.17, 15) is 0 Å². The first kappa shape index (κ1) is 28.2. The number of hydrogen-bond acceptors (Lipinski definition) is 4. The Balaban J connectivity index is 1.08. The van der Waals surface area contributed by atoms with Gasteiger partial charge in [0.15, 0.2) is 17.5 Å². The first-order chi connectivity index (χ1) is 24.8. The van der Waals surface area contributed by atoms with Crippen LogP contribution < -0.4 is 0 Å². The van der Waals surface area contributed by atoms with Gasteiger partial charge < -0.3 is 8.98 Å². The largest absolute Gasteiger partial charge is 0.456 e. The standard InChI is InChI=1S/C45H28N4O/c1-3-12-30(13-4-1)43-46-44(31-14-5-2-6-15-31)48-45(47-43)32-24-22-29(23-25-32)33-16-11-17-34(28-33)49-37-20-9-7-18-35(37)41-38(49)26-27-40-42(41)36-19-8-10-21-39(36)50-40/h1-28H. The second kappa shape index (κ2) is 11.4. The van der Waals surface area contributed by atoms with E-state index >= 15 is 0 Å². The Morgan fingerprint density at radius 3 is 1.62 bits per heavy atom. The second-order valence-corrected chi connectivity index (χ2v) is 12.4. The van der Waals surface area contributed by atoms with E-state index in [1.807, 2.05) is 72.8 Å². The van der Waals surface area contributed by atoms with Gasteiger partial charge in [-0.05, 0) is 47.5 Å². The third-order valence-electron chi connectivity index (χ3n) is 9.46. The predicted octanol–water partition coefficient (Wildman–Crippen LogP) is 11.5. The van der Waals surface area contributed by atoms with Gasteiger partial charge in [0.25, 0.3) is 0 Å². The van der Waals surface area contributed by atoms with Gasteiger partial charge in [-0.1, -0.05) is 133 Å². The van der Waals surface area contributed by atoms with Crippen LogP contribution in [-0.4, -0.2) is 19.5 Å². The average Bonchev–Trinajstić information content (AvgIpc) is 3.74. The first-order valence-corrected chi connectivity index (χ1v) is 16.7. The SMILES string of the molecule is c1ccc(-c2nc(-c3ccccc3)nc(-c3ccc(-c4cccc(-n5c6ccccc6c6c7c(ccc65)oc5ccccc57)c4)cc3)n2)cc1. The van der Waals surface area contributed by atoms with Gasteiger partial charge in [-0.15, -0.1) is 0 Å². The summed E-state index contributed by atoms with van der Waals surface area (Å²) in [6.07, 6.45) is 0. The molecule has 0 radical (unpaired) electrons. The summed E-state index contributed by atoms with van der Waals surface area (Å²) in [7, 11) is 0. The van der Waals surface area contributed by atoms with Crippen molar-refractivity contribution in [3.8, 4) is 51.0 Å². The Morgan fingerprint density at radius 2 is 0.920 bits per heavy atom. The lowest BCUT2D eigenvalue weighted by Gasteiger charge is -2.11. The molecule has 7 aromatic carbocycles. The number of benzene rings is 7. The molecule has 0 atom stereocenters.